The first-order valence-corrected chi connectivity index (χ1v) is 6.20. The minimum atomic E-state index is -0.880. The van der Waals surface area contributed by atoms with Crippen LogP contribution in [0, 0.1) is 17.2 Å². The second kappa shape index (κ2) is 7.14. The Hall–Kier alpha value is -2.55. The normalized spacial score (nSPS) is 11.2. The van der Waals surface area contributed by atoms with Crippen molar-refractivity contribution in [3.8, 4) is 6.07 Å². The predicted octanol–water partition coefficient (Wildman–Crippen LogP) is 1.81. The summed E-state index contributed by atoms with van der Waals surface area (Å²) in [5, 5.41) is 20.2. The molecule has 106 valence electrons. The highest BCUT2D eigenvalue weighted by molar-refractivity contribution is 5.91. The topological polar surface area (TPSA) is 93.4 Å². The molecule has 2 amide bonds. The van der Waals surface area contributed by atoms with Crippen LogP contribution in [-0.4, -0.2) is 30.7 Å². The molecule has 1 aromatic rings. The van der Waals surface area contributed by atoms with Crippen LogP contribution < -0.4 is 10.2 Å². The smallest absolute Gasteiger partial charge is 0.321 e. The number of nitriles is 1. The maximum atomic E-state index is 11.9. The van der Waals surface area contributed by atoms with Gasteiger partial charge in [-0.3, -0.25) is 9.69 Å². The van der Waals surface area contributed by atoms with Gasteiger partial charge in [0.05, 0.1) is 17.6 Å². The molecular formula is C14H17N3O3. The number of nitrogens with zero attached hydrogens (tertiary/aromatic N) is 2. The lowest BCUT2D eigenvalue weighted by Crippen LogP contribution is -2.38. The summed E-state index contributed by atoms with van der Waals surface area (Å²) in [7, 11) is 1.59. The van der Waals surface area contributed by atoms with E-state index >= 15 is 0 Å². The van der Waals surface area contributed by atoms with Crippen LogP contribution in [0.1, 0.15) is 18.9 Å². The predicted molar refractivity (Wildman–Crippen MR) is 74.4 cm³/mol. The summed E-state index contributed by atoms with van der Waals surface area (Å²) < 4.78 is 0. The molecule has 1 rings (SSSR count). The number of urea groups is 1. The number of rotatable bonds is 5. The van der Waals surface area contributed by atoms with Gasteiger partial charge in [-0.25, -0.2) is 4.79 Å². The fourth-order valence-electron chi connectivity index (χ4n) is 1.54. The number of carbonyl (C=O) groups is 2. The zero-order valence-electron chi connectivity index (χ0n) is 11.5. The Morgan fingerprint density at radius 2 is 2.20 bits per heavy atom. The summed E-state index contributed by atoms with van der Waals surface area (Å²) in [6.45, 7) is 1.88. The van der Waals surface area contributed by atoms with Crippen LogP contribution in [-0.2, 0) is 4.79 Å². The number of aliphatic carboxylic acids is 1. The van der Waals surface area contributed by atoms with E-state index in [1.54, 1.807) is 38.2 Å². The summed E-state index contributed by atoms with van der Waals surface area (Å²) in [4.78, 5) is 23.9. The van der Waals surface area contributed by atoms with Gasteiger partial charge in [-0.05, 0) is 24.6 Å². The molecule has 0 fully saturated rings. The molecule has 6 nitrogen and oxygen atoms in total. The zero-order chi connectivity index (χ0) is 15.1. The fraction of sp³-hybridized carbons (Fsp3) is 0.357. The first-order valence-electron chi connectivity index (χ1n) is 6.20. The van der Waals surface area contributed by atoms with Crippen molar-refractivity contribution in [3.05, 3.63) is 29.8 Å². The van der Waals surface area contributed by atoms with Gasteiger partial charge in [-0.2, -0.15) is 5.26 Å². The third-order valence-corrected chi connectivity index (χ3v) is 2.94. The van der Waals surface area contributed by atoms with Crippen molar-refractivity contribution in [1.82, 2.24) is 5.32 Å². The Morgan fingerprint density at radius 3 is 2.80 bits per heavy atom. The molecule has 0 aliphatic rings. The monoisotopic (exact) mass is 275 g/mol. The van der Waals surface area contributed by atoms with Gasteiger partial charge in [0, 0.05) is 19.3 Å². The van der Waals surface area contributed by atoms with E-state index in [4.69, 9.17) is 10.4 Å². The van der Waals surface area contributed by atoms with Crippen LogP contribution in [0.2, 0.25) is 0 Å². The average molecular weight is 275 g/mol. The molecule has 0 aliphatic heterocycles. The molecule has 6 heteroatoms. The first kappa shape index (κ1) is 15.5. The van der Waals surface area contributed by atoms with Crippen molar-refractivity contribution in [2.75, 3.05) is 18.5 Å². The number of benzene rings is 1. The molecule has 0 aromatic heterocycles. The fourth-order valence-corrected chi connectivity index (χ4v) is 1.54. The van der Waals surface area contributed by atoms with Gasteiger partial charge in [-0.15, -0.1) is 0 Å². The first-order chi connectivity index (χ1) is 9.45. The number of nitrogens with one attached hydrogen (secondary N) is 1. The summed E-state index contributed by atoms with van der Waals surface area (Å²) in [6.07, 6.45) is 0.368. The van der Waals surface area contributed by atoms with Crippen LogP contribution in [0.25, 0.3) is 0 Å². The van der Waals surface area contributed by atoms with E-state index < -0.39 is 11.9 Å². The molecule has 2 N–H and O–H groups in total. The number of anilines is 1. The third-order valence-electron chi connectivity index (χ3n) is 2.94. The van der Waals surface area contributed by atoms with E-state index in [1.165, 1.54) is 4.90 Å². The van der Waals surface area contributed by atoms with E-state index in [0.29, 0.717) is 17.7 Å². The Bertz CT molecular complexity index is 537. The van der Waals surface area contributed by atoms with Gasteiger partial charge in [0.1, 0.15) is 0 Å². The van der Waals surface area contributed by atoms with Crippen LogP contribution in [0.4, 0.5) is 10.5 Å². The lowest BCUT2D eigenvalue weighted by atomic mass is 10.1. The molecule has 0 heterocycles. The van der Waals surface area contributed by atoms with Gasteiger partial charge in [0.25, 0.3) is 0 Å². The van der Waals surface area contributed by atoms with Crippen molar-refractivity contribution >= 4 is 17.7 Å². The number of carboxylic acid groups (broad SMARTS) is 1. The SMILES string of the molecule is CC(CCNC(=O)N(C)c1cccc(C#N)c1)C(=O)O. The third kappa shape index (κ3) is 4.28. The molecule has 1 atom stereocenters. The summed E-state index contributed by atoms with van der Waals surface area (Å²) in [6, 6.07) is 8.36. The number of carbonyl (C=O) groups excluding carboxylic acids is 1. The van der Waals surface area contributed by atoms with E-state index in [2.05, 4.69) is 5.32 Å². The minimum Gasteiger partial charge on any atom is -0.481 e. The molecule has 1 aromatic carbocycles. The van der Waals surface area contributed by atoms with Gasteiger partial charge in [0.15, 0.2) is 0 Å². The largest absolute Gasteiger partial charge is 0.481 e. The molecule has 0 radical (unpaired) electrons. The van der Waals surface area contributed by atoms with Crippen molar-refractivity contribution in [2.45, 2.75) is 13.3 Å². The summed E-state index contributed by atoms with van der Waals surface area (Å²) >= 11 is 0. The summed E-state index contributed by atoms with van der Waals surface area (Å²) in [5.41, 5.74) is 1.08. The molecule has 1 unspecified atom stereocenters. The van der Waals surface area contributed by atoms with Crippen molar-refractivity contribution in [2.24, 2.45) is 5.92 Å². The highest BCUT2D eigenvalue weighted by Crippen LogP contribution is 2.14. The quantitative estimate of drug-likeness (QED) is 0.857. The van der Waals surface area contributed by atoms with Gasteiger partial charge >= 0.3 is 12.0 Å². The zero-order valence-corrected chi connectivity index (χ0v) is 11.5. The Morgan fingerprint density at radius 1 is 1.50 bits per heavy atom. The van der Waals surface area contributed by atoms with E-state index in [-0.39, 0.29) is 12.6 Å². The second-order valence-corrected chi connectivity index (χ2v) is 4.48. The Labute approximate surface area is 117 Å². The molecule has 0 saturated carbocycles. The molecule has 0 bridgehead atoms. The number of amides is 2. The second-order valence-electron chi connectivity index (χ2n) is 4.48. The van der Waals surface area contributed by atoms with Crippen LogP contribution in [0.3, 0.4) is 0 Å². The highest BCUT2D eigenvalue weighted by atomic mass is 16.4. The Kier molecular flexibility index (Phi) is 5.54. The van der Waals surface area contributed by atoms with Crippen LogP contribution >= 0.6 is 0 Å². The molecule has 20 heavy (non-hydrogen) atoms. The lowest BCUT2D eigenvalue weighted by molar-refractivity contribution is -0.141. The summed E-state index contributed by atoms with van der Waals surface area (Å²) in [5.74, 6) is -1.38. The molecular weight excluding hydrogens is 258 g/mol. The lowest BCUT2D eigenvalue weighted by Gasteiger charge is -2.18. The number of hydrogen-bond acceptors (Lipinski definition) is 3. The maximum absolute atomic E-state index is 11.9. The Balaban J connectivity index is 2.55. The van der Waals surface area contributed by atoms with E-state index in [9.17, 15) is 9.59 Å². The number of carboxylic acids is 1. The van der Waals surface area contributed by atoms with E-state index in [0.717, 1.165) is 0 Å². The van der Waals surface area contributed by atoms with Crippen molar-refractivity contribution in [3.63, 3.8) is 0 Å². The van der Waals surface area contributed by atoms with Gasteiger partial charge in [0.2, 0.25) is 0 Å². The highest BCUT2D eigenvalue weighted by Gasteiger charge is 2.13. The van der Waals surface area contributed by atoms with Crippen molar-refractivity contribution < 1.29 is 14.7 Å². The van der Waals surface area contributed by atoms with Crippen LogP contribution in [0.15, 0.2) is 24.3 Å². The maximum Gasteiger partial charge on any atom is 0.321 e. The molecule has 0 spiro atoms. The van der Waals surface area contributed by atoms with Crippen molar-refractivity contribution in [1.29, 1.82) is 5.26 Å². The van der Waals surface area contributed by atoms with Gasteiger partial charge in [-0.1, -0.05) is 13.0 Å². The number of hydrogen-bond donors (Lipinski definition) is 2. The minimum absolute atomic E-state index is 0.286. The standard InChI is InChI=1S/C14H17N3O3/c1-10(13(18)19)6-7-16-14(20)17(2)12-5-3-4-11(8-12)9-15/h3-5,8,10H,6-7H2,1-2H3,(H,16,20)(H,18,19). The molecule has 0 saturated heterocycles. The van der Waals surface area contributed by atoms with Crippen LogP contribution in [0.5, 0.6) is 0 Å². The van der Waals surface area contributed by atoms with Gasteiger partial charge < -0.3 is 10.4 Å². The van der Waals surface area contributed by atoms with E-state index in [1.807, 2.05) is 6.07 Å². The average Bonchev–Trinajstić information content (AvgIpc) is 2.46. The molecule has 0 aliphatic carbocycles.